The molecule has 0 spiro atoms. The maximum absolute atomic E-state index is 6.24. The van der Waals surface area contributed by atoms with Gasteiger partial charge in [-0.15, -0.1) is 6.42 Å². The Hall–Kier alpha value is -2.02. The Morgan fingerprint density at radius 1 is 0.960 bits per heavy atom. The highest BCUT2D eigenvalue weighted by Gasteiger charge is 2.39. The predicted molar refractivity (Wildman–Crippen MR) is 108 cm³/mol. The topological polar surface area (TPSA) is 18.5 Å². The summed E-state index contributed by atoms with van der Waals surface area (Å²) in [4.78, 5) is 0. The van der Waals surface area contributed by atoms with E-state index in [0.717, 1.165) is 5.75 Å². The second-order valence-corrected chi connectivity index (χ2v) is 12.5. The molecule has 0 saturated heterocycles. The third kappa shape index (κ3) is 5.22. The van der Waals surface area contributed by atoms with Crippen LogP contribution in [-0.2, 0) is 4.43 Å². The number of hydrogen-bond donors (Lipinski definition) is 0. The van der Waals surface area contributed by atoms with Crippen molar-refractivity contribution in [2.24, 2.45) is 0 Å². The minimum absolute atomic E-state index is 0.124. The van der Waals surface area contributed by atoms with Crippen LogP contribution in [0.2, 0.25) is 18.1 Å². The summed E-state index contributed by atoms with van der Waals surface area (Å²) in [5, 5.41) is 0.124. The zero-order chi connectivity index (χ0) is 18.5. The summed E-state index contributed by atoms with van der Waals surface area (Å²) in [7, 11) is -1.90. The van der Waals surface area contributed by atoms with Crippen LogP contribution in [0.1, 0.15) is 20.8 Å². The Morgan fingerprint density at radius 2 is 1.52 bits per heavy atom. The Balaban J connectivity index is 1.97. The van der Waals surface area contributed by atoms with Crippen molar-refractivity contribution in [2.45, 2.75) is 45.0 Å². The second-order valence-electron chi connectivity index (χ2n) is 7.73. The minimum Gasteiger partial charge on any atom is -0.490 e. The lowest BCUT2D eigenvalue weighted by molar-refractivity contribution is 0.157. The summed E-state index contributed by atoms with van der Waals surface area (Å²) in [6.45, 7) is 11.4. The van der Waals surface area contributed by atoms with Gasteiger partial charge >= 0.3 is 0 Å². The number of ether oxygens (including phenoxy) is 1. The van der Waals surface area contributed by atoms with E-state index in [1.54, 1.807) is 0 Å². The summed E-state index contributed by atoms with van der Waals surface area (Å²) in [5.74, 6) is 3.53. The van der Waals surface area contributed by atoms with Crippen molar-refractivity contribution in [3.63, 3.8) is 0 Å². The molecule has 0 aliphatic heterocycles. The third-order valence-electron chi connectivity index (χ3n) is 4.79. The first-order valence-electron chi connectivity index (χ1n) is 8.65. The largest absolute Gasteiger partial charge is 0.490 e. The molecule has 2 nitrogen and oxygen atoms in total. The van der Waals surface area contributed by atoms with Crippen LogP contribution >= 0.6 is 0 Å². The molecule has 0 saturated carbocycles. The smallest absolute Gasteiger partial charge is 0.193 e. The van der Waals surface area contributed by atoms with Crippen LogP contribution in [0.15, 0.2) is 54.6 Å². The number of rotatable bonds is 6. The van der Waals surface area contributed by atoms with Gasteiger partial charge in [0, 0.05) is 0 Å². The van der Waals surface area contributed by atoms with Crippen molar-refractivity contribution in [3.05, 3.63) is 54.6 Å². The van der Waals surface area contributed by atoms with E-state index >= 15 is 0 Å². The molecule has 3 heteroatoms. The molecule has 2 rings (SSSR count). The molecule has 0 fully saturated rings. The van der Waals surface area contributed by atoms with Gasteiger partial charge in [0.15, 0.2) is 8.32 Å². The van der Waals surface area contributed by atoms with E-state index in [2.05, 4.69) is 64.1 Å². The normalized spacial score (nSPS) is 13.1. The third-order valence-corrected chi connectivity index (χ3v) is 9.28. The quantitative estimate of drug-likeness (QED) is 0.486. The Kier molecular flexibility index (Phi) is 6.10. The zero-order valence-electron chi connectivity index (χ0n) is 15.9. The average Bonchev–Trinajstić information content (AvgIpc) is 2.58. The molecule has 0 aliphatic rings. The molecule has 0 amide bonds. The van der Waals surface area contributed by atoms with E-state index in [1.165, 1.54) is 11.1 Å². The molecule has 0 N–H and O–H groups in total. The van der Waals surface area contributed by atoms with Gasteiger partial charge in [0.25, 0.3) is 0 Å². The van der Waals surface area contributed by atoms with E-state index < -0.39 is 8.32 Å². The molecule has 0 bridgehead atoms. The van der Waals surface area contributed by atoms with E-state index in [1.807, 2.05) is 30.3 Å². The van der Waals surface area contributed by atoms with Gasteiger partial charge in [-0.1, -0.05) is 69.2 Å². The molecule has 25 heavy (non-hydrogen) atoms. The van der Waals surface area contributed by atoms with Gasteiger partial charge in [0.1, 0.15) is 18.5 Å². The van der Waals surface area contributed by atoms with Crippen molar-refractivity contribution >= 4 is 8.32 Å². The van der Waals surface area contributed by atoms with Gasteiger partial charge in [-0.05, 0) is 41.4 Å². The van der Waals surface area contributed by atoms with Gasteiger partial charge < -0.3 is 9.16 Å². The fourth-order valence-electron chi connectivity index (χ4n) is 2.19. The van der Waals surface area contributed by atoms with Crippen LogP contribution < -0.4 is 4.74 Å². The molecular weight excluding hydrogens is 324 g/mol. The second kappa shape index (κ2) is 7.90. The van der Waals surface area contributed by atoms with Gasteiger partial charge in [-0.25, -0.2) is 0 Å². The highest BCUT2D eigenvalue weighted by atomic mass is 28.4. The maximum atomic E-state index is 6.24. The molecule has 1 atom stereocenters. The Bertz CT molecular complexity index is 706. The first-order valence-corrected chi connectivity index (χ1v) is 11.6. The summed E-state index contributed by atoms with van der Waals surface area (Å²) in [5.41, 5.74) is 2.36. The standard InChI is InChI=1S/C22H28O2Si/c1-7-20(24-25(5,6)22(2,3)4)17-23-21-15-13-19(14-16-21)18-11-9-8-10-12-18/h1,8-16,20H,17H2,2-6H3. The summed E-state index contributed by atoms with van der Waals surface area (Å²) >= 11 is 0. The first kappa shape index (κ1) is 19.3. The fraction of sp³-hybridized carbons (Fsp3) is 0.364. The lowest BCUT2D eigenvalue weighted by atomic mass is 10.1. The maximum Gasteiger partial charge on any atom is 0.193 e. The minimum atomic E-state index is -1.90. The summed E-state index contributed by atoms with van der Waals surface area (Å²) in [6.07, 6.45) is 5.33. The number of hydrogen-bond acceptors (Lipinski definition) is 2. The Morgan fingerprint density at radius 3 is 2.04 bits per heavy atom. The lowest BCUT2D eigenvalue weighted by Gasteiger charge is -2.37. The summed E-state index contributed by atoms with van der Waals surface area (Å²) in [6, 6.07) is 18.3. The van der Waals surface area contributed by atoms with Crippen molar-refractivity contribution in [2.75, 3.05) is 6.61 Å². The summed E-state index contributed by atoms with van der Waals surface area (Å²) < 4.78 is 12.1. The highest BCUT2D eigenvalue weighted by Crippen LogP contribution is 2.37. The average molecular weight is 353 g/mol. The Labute approximate surface area is 153 Å². The van der Waals surface area contributed by atoms with Crippen molar-refractivity contribution in [3.8, 4) is 29.2 Å². The SMILES string of the molecule is C#CC(COc1ccc(-c2ccccc2)cc1)O[Si](C)(C)C(C)(C)C. The first-order chi connectivity index (χ1) is 11.7. The molecule has 2 aromatic carbocycles. The van der Waals surface area contributed by atoms with Crippen molar-refractivity contribution in [1.29, 1.82) is 0 Å². The highest BCUT2D eigenvalue weighted by molar-refractivity contribution is 6.74. The molecule has 2 aromatic rings. The van der Waals surface area contributed by atoms with E-state index in [4.69, 9.17) is 15.6 Å². The zero-order valence-corrected chi connectivity index (χ0v) is 16.9. The molecule has 1 unspecified atom stereocenters. The van der Waals surface area contributed by atoms with Gasteiger partial charge in [-0.2, -0.15) is 0 Å². The molecule has 132 valence electrons. The van der Waals surface area contributed by atoms with Gasteiger partial charge in [0.05, 0.1) is 0 Å². The monoisotopic (exact) mass is 352 g/mol. The number of terminal acetylenes is 1. The van der Waals surface area contributed by atoms with Crippen LogP contribution in [0.5, 0.6) is 5.75 Å². The molecule has 0 heterocycles. The van der Waals surface area contributed by atoms with E-state index in [-0.39, 0.29) is 11.1 Å². The van der Waals surface area contributed by atoms with Crippen molar-refractivity contribution in [1.82, 2.24) is 0 Å². The van der Waals surface area contributed by atoms with Gasteiger partial charge in [-0.3, -0.25) is 0 Å². The van der Waals surface area contributed by atoms with Crippen molar-refractivity contribution < 1.29 is 9.16 Å². The molecule has 0 aliphatic carbocycles. The molecule has 0 aromatic heterocycles. The fourth-order valence-corrected chi connectivity index (χ4v) is 3.40. The molecular formula is C22H28O2Si. The van der Waals surface area contributed by atoms with Crippen LogP contribution in [-0.4, -0.2) is 21.0 Å². The van der Waals surface area contributed by atoms with Crippen LogP contribution in [0.25, 0.3) is 11.1 Å². The molecule has 0 radical (unpaired) electrons. The van der Waals surface area contributed by atoms with E-state index in [0.29, 0.717) is 6.61 Å². The van der Waals surface area contributed by atoms with Crippen LogP contribution in [0.4, 0.5) is 0 Å². The van der Waals surface area contributed by atoms with E-state index in [9.17, 15) is 0 Å². The lowest BCUT2D eigenvalue weighted by Crippen LogP contribution is -2.45. The predicted octanol–water partition coefficient (Wildman–Crippen LogP) is 5.76. The van der Waals surface area contributed by atoms with Gasteiger partial charge in [0.2, 0.25) is 0 Å². The van der Waals surface area contributed by atoms with Crippen LogP contribution in [0.3, 0.4) is 0 Å². The number of benzene rings is 2. The van der Waals surface area contributed by atoms with Crippen LogP contribution in [0, 0.1) is 12.3 Å².